The average molecular weight is 244 g/mol. The van der Waals surface area contributed by atoms with Crippen molar-refractivity contribution in [3.8, 4) is 0 Å². The van der Waals surface area contributed by atoms with Gasteiger partial charge in [-0.05, 0) is 31.5 Å². The maximum absolute atomic E-state index is 11.0. The number of carbonyl (C=O) groups excluding carboxylic acids is 1. The molecule has 1 aromatic carbocycles. The summed E-state index contributed by atoms with van der Waals surface area (Å²) in [5.41, 5.74) is 0.709. The van der Waals surface area contributed by atoms with Gasteiger partial charge in [0.1, 0.15) is 11.3 Å². The molecular formula is C13H16N4O. The number of hydrogen-bond acceptors (Lipinski definition) is 4. The lowest BCUT2D eigenvalue weighted by Crippen LogP contribution is -2.30. The van der Waals surface area contributed by atoms with Crippen molar-refractivity contribution in [3.63, 3.8) is 0 Å². The molecule has 5 heteroatoms. The summed E-state index contributed by atoms with van der Waals surface area (Å²) in [6.07, 6.45) is 0.227. The number of ketones is 1. The Labute approximate surface area is 106 Å². The first kappa shape index (κ1) is 12.4. The molecule has 0 amide bonds. The minimum atomic E-state index is -0.386. The number of aromatic nitrogens is 4. The summed E-state index contributed by atoms with van der Waals surface area (Å²) < 4.78 is 0. The number of nitrogens with zero attached hydrogens (tertiary/aromatic N) is 4. The highest BCUT2D eigenvalue weighted by atomic mass is 16.1. The van der Waals surface area contributed by atoms with E-state index in [9.17, 15) is 4.79 Å². The zero-order chi connectivity index (χ0) is 13.2. The van der Waals surface area contributed by atoms with Gasteiger partial charge in [-0.3, -0.25) is 4.79 Å². The molecule has 18 heavy (non-hydrogen) atoms. The Kier molecular flexibility index (Phi) is 3.23. The molecule has 0 saturated heterocycles. The van der Waals surface area contributed by atoms with Crippen LogP contribution >= 0.6 is 0 Å². The van der Waals surface area contributed by atoms with Gasteiger partial charge in [0.25, 0.3) is 0 Å². The number of rotatable bonds is 4. The third-order valence-electron chi connectivity index (χ3n) is 2.84. The van der Waals surface area contributed by atoms with Crippen LogP contribution in [0.15, 0.2) is 30.3 Å². The number of carbonyl (C=O) groups is 1. The van der Waals surface area contributed by atoms with E-state index < -0.39 is 0 Å². The fourth-order valence-electron chi connectivity index (χ4n) is 1.73. The molecule has 1 heterocycles. The van der Waals surface area contributed by atoms with E-state index >= 15 is 0 Å². The summed E-state index contributed by atoms with van der Waals surface area (Å²) in [7, 11) is 0. The lowest BCUT2D eigenvalue weighted by atomic mass is 9.95. The Balaban J connectivity index is 2.30. The normalized spacial score (nSPS) is 11.5. The van der Waals surface area contributed by atoms with Crippen LogP contribution in [0.2, 0.25) is 0 Å². The molecule has 0 aliphatic rings. The molecule has 0 bridgehead atoms. The van der Waals surface area contributed by atoms with Crippen LogP contribution < -0.4 is 0 Å². The van der Waals surface area contributed by atoms with Crippen LogP contribution in [0.25, 0.3) is 0 Å². The van der Waals surface area contributed by atoms with Crippen molar-refractivity contribution in [2.75, 3.05) is 0 Å². The summed E-state index contributed by atoms with van der Waals surface area (Å²) in [6, 6.07) is 9.96. The summed E-state index contributed by atoms with van der Waals surface area (Å²) in [4.78, 5) is 12.6. The second-order valence-corrected chi connectivity index (χ2v) is 4.80. The van der Waals surface area contributed by atoms with Crippen LogP contribution in [-0.2, 0) is 16.8 Å². The Morgan fingerprint density at radius 3 is 2.56 bits per heavy atom. The first-order valence-electron chi connectivity index (χ1n) is 5.84. The Morgan fingerprint density at radius 1 is 1.28 bits per heavy atom. The van der Waals surface area contributed by atoms with Gasteiger partial charge in [0, 0.05) is 0 Å². The van der Waals surface area contributed by atoms with Crippen molar-refractivity contribution in [1.82, 2.24) is 20.2 Å². The predicted molar refractivity (Wildman–Crippen MR) is 67.1 cm³/mol. The van der Waals surface area contributed by atoms with E-state index in [4.69, 9.17) is 0 Å². The van der Waals surface area contributed by atoms with Gasteiger partial charge in [0.15, 0.2) is 5.82 Å². The number of Topliss-reactive ketones (excluding diaryl/α,β-unsaturated/α-hetero) is 1. The molecule has 0 aliphatic carbocycles. The number of benzene rings is 1. The molecule has 0 radical (unpaired) electrons. The second kappa shape index (κ2) is 4.68. The van der Waals surface area contributed by atoms with Gasteiger partial charge in [0.05, 0.1) is 6.42 Å². The highest BCUT2D eigenvalue weighted by Gasteiger charge is 2.25. The molecule has 0 spiro atoms. The summed E-state index contributed by atoms with van der Waals surface area (Å²) in [5, 5.41) is 12.2. The summed E-state index contributed by atoms with van der Waals surface area (Å²) >= 11 is 0. The molecule has 2 rings (SSSR count). The smallest absolute Gasteiger partial charge is 0.182 e. The average Bonchev–Trinajstić information content (AvgIpc) is 2.78. The number of tetrazole rings is 1. The van der Waals surface area contributed by atoms with Gasteiger partial charge in [-0.1, -0.05) is 30.3 Å². The monoisotopic (exact) mass is 244 g/mol. The van der Waals surface area contributed by atoms with Crippen LogP contribution in [0.1, 0.15) is 32.2 Å². The summed E-state index contributed by atoms with van der Waals surface area (Å²) in [6.45, 7) is 5.55. The van der Waals surface area contributed by atoms with E-state index in [0.717, 1.165) is 5.56 Å². The van der Waals surface area contributed by atoms with E-state index in [0.29, 0.717) is 5.82 Å². The van der Waals surface area contributed by atoms with Gasteiger partial charge in [-0.25, -0.2) is 0 Å². The van der Waals surface area contributed by atoms with Gasteiger partial charge >= 0.3 is 0 Å². The highest BCUT2D eigenvalue weighted by molar-refractivity contribution is 5.77. The minimum Gasteiger partial charge on any atom is -0.300 e. The molecule has 0 unspecified atom stereocenters. The Bertz CT molecular complexity index is 545. The van der Waals surface area contributed by atoms with Gasteiger partial charge in [-0.15, -0.1) is 10.2 Å². The van der Waals surface area contributed by atoms with Crippen molar-refractivity contribution in [3.05, 3.63) is 41.7 Å². The van der Waals surface area contributed by atoms with E-state index in [2.05, 4.69) is 15.4 Å². The van der Waals surface area contributed by atoms with Crippen LogP contribution in [-0.4, -0.2) is 26.0 Å². The molecule has 0 atom stereocenters. The first-order chi connectivity index (χ1) is 8.50. The van der Waals surface area contributed by atoms with Crippen LogP contribution in [0.3, 0.4) is 0 Å². The fourth-order valence-corrected chi connectivity index (χ4v) is 1.73. The number of hydrogen-bond donors (Lipinski definition) is 0. The molecule has 0 fully saturated rings. The Hall–Kier alpha value is -2.04. The third kappa shape index (κ3) is 2.45. The van der Waals surface area contributed by atoms with Crippen LogP contribution in [0, 0.1) is 0 Å². The standard InChI is InChI=1S/C13H16N4O/c1-10(18)9-12-14-16-17(15-12)13(2,3)11-7-5-4-6-8-11/h4-8H,9H2,1-3H3. The lowest BCUT2D eigenvalue weighted by molar-refractivity contribution is -0.116. The largest absolute Gasteiger partial charge is 0.300 e. The third-order valence-corrected chi connectivity index (χ3v) is 2.84. The molecule has 1 aromatic heterocycles. The molecular weight excluding hydrogens is 228 g/mol. The fraction of sp³-hybridized carbons (Fsp3) is 0.385. The highest BCUT2D eigenvalue weighted by Crippen LogP contribution is 2.22. The van der Waals surface area contributed by atoms with E-state index in [1.807, 2.05) is 44.2 Å². The van der Waals surface area contributed by atoms with E-state index in [1.165, 1.54) is 6.92 Å². The maximum atomic E-state index is 11.0. The molecule has 0 saturated carbocycles. The van der Waals surface area contributed by atoms with Crippen molar-refractivity contribution >= 4 is 5.78 Å². The van der Waals surface area contributed by atoms with E-state index in [1.54, 1.807) is 4.80 Å². The topological polar surface area (TPSA) is 60.7 Å². The lowest BCUT2D eigenvalue weighted by Gasteiger charge is -2.23. The molecule has 5 nitrogen and oxygen atoms in total. The van der Waals surface area contributed by atoms with Crippen LogP contribution in [0.4, 0.5) is 0 Å². The van der Waals surface area contributed by atoms with Gasteiger partial charge in [-0.2, -0.15) is 4.80 Å². The second-order valence-electron chi connectivity index (χ2n) is 4.80. The van der Waals surface area contributed by atoms with Crippen LogP contribution in [0.5, 0.6) is 0 Å². The van der Waals surface area contributed by atoms with Crippen molar-refractivity contribution < 1.29 is 4.79 Å². The van der Waals surface area contributed by atoms with Crippen molar-refractivity contribution in [1.29, 1.82) is 0 Å². The van der Waals surface area contributed by atoms with Gasteiger partial charge in [0.2, 0.25) is 0 Å². The van der Waals surface area contributed by atoms with Gasteiger partial charge < -0.3 is 0 Å². The minimum absolute atomic E-state index is 0.0343. The molecule has 94 valence electrons. The zero-order valence-electron chi connectivity index (χ0n) is 10.8. The SMILES string of the molecule is CC(=O)Cc1nnn(C(C)(C)c2ccccc2)n1. The maximum Gasteiger partial charge on any atom is 0.182 e. The quantitative estimate of drug-likeness (QED) is 0.819. The molecule has 0 aliphatic heterocycles. The molecule has 0 N–H and O–H groups in total. The molecule has 2 aromatic rings. The van der Waals surface area contributed by atoms with Crippen molar-refractivity contribution in [2.24, 2.45) is 0 Å². The predicted octanol–water partition coefficient (Wildman–Crippen LogP) is 1.59. The van der Waals surface area contributed by atoms with Crippen molar-refractivity contribution in [2.45, 2.75) is 32.7 Å². The van der Waals surface area contributed by atoms with E-state index in [-0.39, 0.29) is 17.7 Å². The Morgan fingerprint density at radius 2 is 1.94 bits per heavy atom. The first-order valence-corrected chi connectivity index (χ1v) is 5.84. The summed E-state index contributed by atoms with van der Waals surface area (Å²) in [5.74, 6) is 0.499. The zero-order valence-corrected chi connectivity index (χ0v) is 10.8.